The van der Waals surface area contributed by atoms with Crippen LogP contribution in [0.15, 0.2) is 18.3 Å². The van der Waals surface area contributed by atoms with Crippen LogP contribution in [0.3, 0.4) is 0 Å². The number of hydrogen-bond donors (Lipinski definition) is 1. The maximum absolute atomic E-state index is 11.8. The second-order valence-corrected chi connectivity index (χ2v) is 3.94. The molecule has 1 aromatic rings. The van der Waals surface area contributed by atoms with Crippen LogP contribution in [0.4, 0.5) is 0 Å². The lowest BCUT2D eigenvalue weighted by Crippen LogP contribution is -2.26. The molecule has 0 bridgehead atoms. The number of rotatable bonds is 5. The van der Waals surface area contributed by atoms with Gasteiger partial charge in [-0.2, -0.15) is 0 Å². The van der Waals surface area contributed by atoms with Crippen LogP contribution in [0.25, 0.3) is 0 Å². The Bertz CT molecular complexity index is 375. The summed E-state index contributed by atoms with van der Waals surface area (Å²) in [7, 11) is 0. The number of carbonyl (C=O) groups excluding carboxylic acids is 1. The highest BCUT2D eigenvalue weighted by Gasteiger charge is 2.22. The molecule has 0 atom stereocenters. The molecule has 4 heteroatoms. The Morgan fingerprint density at radius 3 is 3.12 bits per heavy atom. The normalized spacial score (nSPS) is 14.6. The van der Waals surface area contributed by atoms with Crippen molar-refractivity contribution >= 4 is 5.91 Å². The van der Waals surface area contributed by atoms with Gasteiger partial charge < -0.3 is 10.1 Å². The third-order valence-corrected chi connectivity index (χ3v) is 2.55. The number of nitrogens with one attached hydrogen (secondary N) is 1. The quantitative estimate of drug-likeness (QED) is 0.820. The van der Waals surface area contributed by atoms with Crippen LogP contribution in [0.5, 0.6) is 5.88 Å². The van der Waals surface area contributed by atoms with E-state index in [1.54, 1.807) is 18.3 Å². The second kappa shape index (κ2) is 4.96. The van der Waals surface area contributed by atoms with Crippen molar-refractivity contribution < 1.29 is 9.53 Å². The first-order valence-corrected chi connectivity index (χ1v) is 5.67. The van der Waals surface area contributed by atoms with Gasteiger partial charge in [-0.05, 0) is 37.8 Å². The fraction of sp³-hybridized carbons (Fsp3) is 0.500. The number of hydrogen-bond acceptors (Lipinski definition) is 3. The van der Waals surface area contributed by atoms with Gasteiger partial charge in [0.05, 0.1) is 6.61 Å². The average Bonchev–Trinajstić information content (AvgIpc) is 3.11. The SMILES string of the molecule is CCOc1ncccc1C(=O)NCC1CC1. The van der Waals surface area contributed by atoms with Gasteiger partial charge in [0, 0.05) is 12.7 Å². The molecule has 1 aliphatic rings. The number of pyridine rings is 1. The highest BCUT2D eigenvalue weighted by Crippen LogP contribution is 2.27. The van der Waals surface area contributed by atoms with E-state index in [2.05, 4.69) is 10.3 Å². The molecule has 1 heterocycles. The third-order valence-electron chi connectivity index (χ3n) is 2.55. The van der Waals surface area contributed by atoms with Crippen LogP contribution in [0.2, 0.25) is 0 Å². The van der Waals surface area contributed by atoms with Crippen LogP contribution >= 0.6 is 0 Å². The van der Waals surface area contributed by atoms with E-state index in [4.69, 9.17) is 4.74 Å². The molecule has 1 aliphatic carbocycles. The summed E-state index contributed by atoms with van der Waals surface area (Å²) in [6.07, 6.45) is 4.08. The molecule has 1 N–H and O–H groups in total. The van der Waals surface area contributed by atoms with Gasteiger partial charge in [0.1, 0.15) is 5.56 Å². The fourth-order valence-corrected chi connectivity index (χ4v) is 1.47. The summed E-state index contributed by atoms with van der Waals surface area (Å²) in [5, 5.41) is 2.90. The van der Waals surface area contributed by atoms with E-state index in [1.807, 2.05) is 6.92 Å². The van der Waals surface area contributed by atoms with Crippen molar-refractivity contribution in [2.45, 2.75) is 19.8 Å². The molecule has 86 valence electrons. The van der Waals surface area contributed by atoms with Gasteiger partial charge in [0.2, 0.25) is 5.88 Å². The molecule has 0 aliphatic heterocycles. The summed E-state index contributed by atoms with van der Waals surface area (Å²) >= 11 is 0. The van der Waals surface area contributed by atoms with Crippen molar-refractivity contribution in [3.05, 3.63) is 23.9 Å². The van der Waals surface area contributed by atoms with Gasteiger partial charge in [-0.15, -0.1) is 0 Å². The summed E-state index contributed by atoms with van der Waals surface area (Å²) in [4.78, 5) is 15.9. The third kappa shape index (κ3) is 2.72. The minimum Gasteiger partial charge on any atom is -0.477 e. The van der Waals surface area contributed by atoms with Crippen molar-refractivity contribution in [1.29, 1.82) is 0 Å². The molecular weight excluding hydrogens is 204 g/mol. The smallest absolute Gasteiger partial charge is 0.256 e. The molecule has 0 aromatic carbocycles. The Hall–Kier alpha value is -1.58. The lowest BCUT2D eigenvalue weighted by atomic mass is 10.2. The Kier molecular flexibility index (Phi) is 3.39. The molecule has 2 rings (SSSR count). The molecule has 0 unspecified atom stereocenters. The first-order valence-electron chi connectivity index (χ1n) is 5.67. The van der Waals surface area contributed by atoms with Gasteiger partial charge in [0.25, 0.3) is 5.91 Å². The lowest BCUT2D eigenvalue weighted by molar-refractivity contribution is 0.0947. The van der Waals surface area contributed by atoms with Gasteiger partial charge in [-0.3, -0.25) is 4.79 Å². The number of carbonyl (C=O) groups is 1. The fourth-order valence-electron chi connectivity index (χ4n) is 1.47. The minimum atomic E-state index is -0.0940. The Balaban J connectivity index is 2.01. The second-order valence-electron chi connectivity index (χ2n) is 3.94. The first-order chi connectivity index (χ1) is 7.81. The zero-order chi connectivity index (χ0) is 11.4. The number of ether oxygens (including phenoxy) is 1. The summed E-state index contributed by atoms with van der Waals surface area (Å²) in [6, 6.07) is 3.48. The summed E-state index contributed by atoms with van der Waals surface area (Å²) in [5.74, 6) is 0.998. The molecule has 1 aromatic heterocycles. The predicted octanol–water partition coefficient (Wildman–Crippen LogP) is 1.62. The largest absolute Gasteiger partial charge is 0.477 e. The summed E-state index contributed by atoms with van der Waals surface area (Å²) in [5.41, 5.74) is 0.519. The molecule has 0 spiro atoms. The van der Waals surface area contributed by atoms with Crippen molar-refractivity contribution in [2.75, 3.05) is 13.2 Å². The maximum atomic E-state index is 11.8. The highest BCUT2D eigenvalue weighted by molar-refractivity contribution is 5.96. The van der Waals surface area contributed by atoms with E-state index in [-0.39, 0.29) is 5.91 Å². The van der Waals surface area contributed by atoms with E-state index in [1.165, 1.54) is 12.8 Å². The van der Waals surface area contributed by atoms with Crippen molar-refractivity contribution in [3.63, 3.8) is 0 Å². The molecule has 16 heavy (non-hydrogen) atoms. The Morgan fingerprint density at radius 1 is 1.62 bits per heavy atom. The number of amides is 1. The van der Waals surface area contributed by atoms with E-state index in [0.29, 0.717) is 24.0 Å². The van der Waals surface area contributed by atoms with E-state index >= 15 is 0 Å². The zero-order valence-corrected chi connectivity index (χ0v) is 9.40. The minimum absolute atomic E-state index is 0.0940. The van der Waals surface area contributed by atoms with Gasteiger partial charge in [-0.25, -0.2) is 4.98 Å². The summed E-state index contributed by atoms with van der Waals surface area (Å²) in [6.45, 7) is 3.15. The van der Waals surface area contributed by atoms with Crippen molar-refractivity contribution in [2.24, 2.45) is 5.92 Å². The monoisotopic (exact) mass is 220 g/mol. The summed E-state index contributed by atoms with van der Waals surface area (Å²) < 4.78 is 5.31. The van der Waals surface area contributed by atoms with Gasteiger partial charge >= 0.3 is 0 Å². The van der Waals surface area contributed by atoms with Gasteiger partial charge in [-0.1, -0.05) is 0 Å². The molecule has 0 saturated heterocycles. The van der Waals surface area contributed by atoms with E-state index < -0.39 is 0 Å². The first kappa shape index (κ1) is 10.9. The zero-order valence-electron chi connectivity index (χ0n) is 9.40. The highest BCUT2D eigenvalue weighted by atomic mass is 16.5. The standard InChI is InChI=1S/C12H16N2O2/c1-2-16-12-10(4-3-7-13-12)11(15)14-8-9-5-6-9/h3-4,7,9H,2,5-6,8H2,1H3,(H,14,15). The Labute approximate surface area is 95.0 Å². The van der Waals surface area contributed by atoms with Gasteiger partial charge in [0.15, 0.2) is 0 Å². The van der Waals surface area contributed by atoms with Crippen molar-refractivity contribution in [1.82, 2.24) is 10.3 Å². The topological polar surface area (TPSA) is 51.2 Å². The van der Waals surface area contributed by atoms with Crippen LogP contribution in [-0.2, 0) is 0 Å². The Morgan fingerprint density at radius 2 is 2.44 bits per heavy atom. The van der Waals surface area contributed by atoms with Crippen molar-refractivity contribution in [3.8, 4) is 5.88 Å². The molecule has 0 radical (unpaired) electrons. The van der Waals surface area contributed by atoms with E-state index in [0.717, 1.165) is 6.54 Å². The maximum Gasteiger partial charge on any atom is 0.256 e. The van der Waals surface area contributed by atoms with E-state index in [9.17, 15) is 4.79 Å². The number of aromatic nitrogens is 1. The van der Waals surface area contributed by atoms with Crippen LogP contribution in [-0.4, -0.2) is 24.0 Å². The lowest BCUT2D eigenvalue weighted by Gasteiger charge is -2.08. The molecule has 4 nitrogen and oxygen atoms in total. The van der Waals surface area contributed by atoms with Crippen LogP contribution in [0.1, 0.15) is 30.1 Å². The molecule has 1 fully saturated rings. The molecular formula is C12H16N2O2. The van der Waals surface area contributed by atoms with Crippen LogP contribution < -0.4 is 10.1 Å². The average molecular weight is 220 g/mol. The molecule has 1 saturated carbocycles. The number of nitrogens with zero attached hydrogens (tertiary/aromatic N) is 1. The van der Waals surface area contributed by atoms with Crippen LogP contribution in [0, 0.1) is 5.92 Å². The predicted molar refractivity (Wildman–Crippen MR) is 60.5 cm³/mol. The molecule has 1 amide bonds.